The molecule has 0 aliphatic carbocycles. The molecule has 1 heterocycles. The molecule has 12 nitrogen and oxygen atoms in total. The summed E-state index contributed by atoms with van der Waals surface area (Å²) in [4.78, 5) is 12.9. The van der Waals surface area contributed by atoms with E-state index >= 15 is 0 Å². The van der Waals surface area contributed by atoms with Crippen molar-refractivity contribution in [3.8, 4) is 0 Å². The number of carbonyl (C=O) groups is 1. The minimum atomic E-state index is -5.09. The number of hydrogen-bond donors (Lipinski definition) is 4. The van der Waals surface area contributed by atoms with Crippen LogP contribution in [0.5, 0.6) is 0 Å². The molecule has 6 atom stereocenters. The summed E-state index contributed by atoms with van der Waals surface area (Å²) < 4.78 is 59.3. The molecule has 418 valence electrons. The monoisotopic (exact) mass is 1050 g/mol. The molecule has 0 aromatic rings. The van der Waals surface area contributed by atoms with Crippen LogP contribution in [0.1, 0.15) is 168 Å². The minimum Gasteiger partial charge on any atom is -0.457 e. The Balaban J connectivity index is 2.40. The quantitative estimate of drug-likeness (QED) is 0.0197. The number of rotatable bonds is 46. The zero-order valence-electron chi connectivity index (χ0n) is 45.1. The van der Waals surface area contributed by atoms with Crippen molar-refractivity contribution < 1.29 is 56.2 Å². The van der Waals surface area contributed by atoms with E-state index in [9.17, 15) is 33.1 Å². The first-order chi connectivity index (χ1) is 36.1. The first-order valence-electron chi connectivity index (χ1n) is 27.6. The maximum absolute atomic E-state index is 12.9. The predicted molar refractivity (Wildman–Crippen MR) is 303 cm³/mol. The van der Waals surface area contributed by atoms with Gasteiger partial charge >= 0.3 is 16.4 Å². The molecule has 1 aliphatic rings. The van der Waals surface area contributed by atoms with E-state index in [1.165, 1.54) is 0 Å². The summed E-state index contributed by atoms with van der Waals surface area (Å²) >= 11 is 0. The second-order valence-corrected chi connectivity index (χ2v) is 19.1. The van der Waals surface area contributed by atoms with E-state index in [1.807, 2.05) is 0 Å². The highest BCUT2D eigenvalue weighted by molar-refractivity contribution is 7.80. The molecule has 0 spiro atoms. The number of hydrogen-bond acceptors (Lipinski definition) is 11. The molecule has 4 N–H and O–H groups in total. The van der Waals surface area contributed by atoms with Crippen LogP contribution in [0.25, 0.3) is 0 Å². The van der Waals surface area contributed by atoms with Crippen LogP contribution in [0.15, 0.2) is 146 Å². The van der Waals surface area contributed by atoms with E-state index in [0.29, 0.717) is 13.0 Å². The summed E-state index contributed by atoms with van der Waals surface area (Å²) in [5.74, 6) is -0.438. The predicted octanol–water partition coefficient (Wildman–Crippen LogP) is 13.6. The van der Waals surface area contributed by atoms with Gasteiger partial charge in [0.05, 0.1) is 19.8 Å². The summed E-state index contributed by atoms with van der Waals surface area (Å²) in [5, 5.41) is 30.8. The molecule has 0 bridgehead atoms. The van der Waals surface area contributed by atoms with Gasteiger partial charge in [-0.1, -0.05) is 192 Å². The average Bonchev–Trinajstić information content (AvgIpc) is 3.38. The molecule has 1 saturated heterocycles. The van der Waals surface area contributed by atoms with E-state index in [1.54, 1.807) is 0 Å². The summed E-state index contributed by atoms with van der Waals surface area (Å²) in [6.07, 6.45) is 65.8. The number of ether oxygens (including phenoxy) is 4. The van der Waals surface area contributed by atoms with Crippen LogP contribution in [0.3, 0.4) is 0 Å². The second-order valence-electron chi connectivity index (χ2n) is 18.1. The van der Waals surface area contributed by atoms with Crippen molar-refractivity contribution in [1.82, 2.24) is 0 Å². The van der Waals surface area contributed by atoms with Crippen molar-refractivity contribution in [2.24, 2.45) is 0 Å². The van der Waals surface area contributed by atoms with Gasteiger partial charge < -0.3 is 34.3 Å². The molecule has 1 rings (SSSR count). The van der Waals surface area contributed by atoms with Gasteiger partial charge in [-0.15, -0.1) is 0 Å². The Kier molecular flexibility index (Phi) is 45.8. The lowest BCUT2D eigenvalue weighted by Crippen LogP contribution is -2.60. The Bertz CT molecular complexity index is 1840. The SMILES string of the molecule is CC/C=C\C/C=C\C/C=C\C/C=C\C/C=C\C/C=C\CCCCCCCOCC(COC1OC(CO)C(O)C(OS(=O)(=O)O)C1O)OC(=O)CCCCCC/C=C\C/C=C\C/C=C\C/C=C\C/C=C\C/C=C\CC. The lowest BCUT2D eigenvalue weighted by molar-refractivity contribution is -0.301. The molecular formula is C61H96O12S. The average molecular weight is 1050 g/mol. The van der Waals surface area contributed by atoms with E-state index in [2.05, 4.69) is 164 Å². The second kappa shape index (κ2) is 49.8. The van der Waals surface area contributed by atoms with E-state index in [4.69, 9.17) is 18.9 Å². The lowest BCUT2D eigenvalue weighted by Gasteiger charge is -2.41. The van der Waals surface area contributed by atoms with Gasteiger partial charge in [0, 0.05) is 13.0 Å². The molecule has 0 aromatic carbocycles. The van der Waals surface area contributed by atoms with Crippen molar-refractivity contribution in [3.63, 3.8) is 0 Å². The van der Waals surface area contributed by atoms with Crippen molar-refractivity contribution in [1.29, 1.82) is 0 Å². The van der Waals surface area contributed by atoms with Gasteiger partial charge in [0.2, 0.25) is 0 Å². The first-order valence-corrected chi connectivity index (χ1v) is 29.0. The fourth-order valence-electron chi connectivity index (χ4n) is 7.38. The smallest absolute Gasteiger partial charge is 0.397 e. The van der Waals surface area contributed by atoms with E-state index in [-0.39, 0.29) is 19.6 Å². The first kappa shape index (κ1) is 68.0. The van der Waals surface area contributed by atoms with Gasteiger partial charge in [0.15, 0.2) is 6.29 Å². The highest BCUT2D eigenvalue weighted by Gasteiger charge is 2.48. The lowest BCUT2D eigenvalue weighted by atomic mass is 9.99. The fraction of sp³-hybridized carbons (Fsp3) is 0.590. The van der Waals surface area contributed by atoms with E-state index in [0.717, 1.165) is 141 Å². The largest absolute Gasteiger partial charge is 0.457 e. The summed E-state index contributed by atoms with van der Waals surface area (Å²) in [6.45, 7) is 3.66. The van der Waals surface area contributed by atoms with Crippen LogP contribution >= 0.6 is 0 Å². The van der Waals surface area contributed by atoms with Crippen molar-refractivity contribution in [2.75, 3.05) is 26.4 Å². The van der Waals surface area contributed by atoms with Crippen LogP contribution in [-0.2, 0) is 38.3 Å². The third-order valence-corrected chi connectivity index (χ3v) is 11.9. The highest BCUT2D eigenvalue weighted by Crippen LogP contribution is 2.26. The molecule has 0 amide bonds. The van der Waals surface area contributed by atoms with Crippen LogP contribution in [0, 0.1) is 0 Å². The van der Waals surface area contributed by atoms with Gasteiger partial charge in [-0.25, -0.2) is 4.18 Å². The zero-order valence-corrected chi connectivity index (χ0v) is 45.9. The van der Waals surface area contributed by atoms with Crippen LogP contribution in [-0.4, -0.2) is 97.5 Å². The van der Waals surface area contributed by atoms with E-state index < -0.39 is 59.8 Å². The van der Waals surface area contributed by atoms with Gasteiger partial charge in [-0.2, -0.15) is 8.42 Å². The number of allylic oxidation sites excluding steroid dienone is 24. The standard InChI is InChI=1S/C61H96O12S/c1-3-5-7-9-11-13-15-17-19-21-23-25-27-29-31-33-35-37-39-41-43-45-47-49-51-69-53-55(54-70-61-59(65)60(73-74(66,67)68)58(64)56(52-62)72-61)71-57(63)50-48-46-44-42-40-38-36-34-32-30-28-26-24-22-20-18-16-14-12-10-8-6-4-2/h5-8,11-14,17-20,23-26,29-32,35-38,55-56,58-62,64-65H,3-4,9-10,15-16,21-22,27-28,33-34,39-54H2,1-2H3,(H,66,67,68)/b7-5-,8-6-,13-11-,14-12-,19-17-,20-18-,25-23-,26-24-,31-29-,32-30-,37-35-,38-36-. The number of aliphatic hydroxyl groups is 3. The summed E-state index contributed by atoms with van der Waals surface area (Å²) in [5.41, 5.74) is 0. The molecule has 1 aliphatic heterocycles. The Morgan fingerprint density at radius 1 is 0.514 bits per heavy atom. The third-order valence-electron chi connectivity index (χ3n) is 11.5. The third kappa shape index (κ3) is 42.2. The number of unbranched alkanes of at least 4 members (excludes halogenated alkanes) is 9. The topological polar surface area (TPSA) is 178 Å². The summed E-state index contributed by atoms with van der Waals surface area (Å²) in [7, 11) is -5.09. The molecule has 0 saturated carbocycles. The molecule has 6 unspecified atom stereocenters. The molecular weight excluding hydrogens is 957 g/mol. The normalized spacial score (nSPS) is 19.9. The number of carbonyl (C=O) groups excluding carboxylic acids is 1. The Morgan fingerprint density at radius 2 is 0.892 bits per heavy atom. The van der Waals surface area contributed by atoms with Gasteiger partial charge in [-0.05, 0) is 116 Å². The highest BCUT2D eigenvalue weighted by atomic mass is 32.3. The summed E-state index contributed by atoms with van der Waals surface area (Å²) in [6, 6.07) is 0. The molecule has 1 fully saturated rings. The Labute approximate surface area is 447 Å². The molecule has 13 heteroatoms. The minimum absolute atomic E-state index is 0.000195. The molecule has 0 radical (unpaired) electrons. The maximum atomic E-state index is 12.9. The van der Waals surface area contributed by atoms with Gasteiger partial charge in [0.25, 0.3) is 0 Å². The van der Waals surface area contributed by atoms with Crippen LogP contribution in [0.2, 0.25) is 0 Å². The maximum Gasteiger partial charge on any atom is 0.397 e. The van der Waals surface area contributed by atoms with Crippen molar-refractivity contribution in [2.45, 2.75) is 205 Å². The van der Waals surface area contributed by atoms with Crippen LogP contribution in [0.4, 0.5) is 0 Å². The number of esters is 1. The zero-order chi connectivity index (χ0) is 53.8. The van der Waals surface area contributed by atoms with Crippen molar-refractivity contribution >= 4 is 16.4 Å². The Morgan fingerprint density at radius 3 is 1.30 bits per heavy atom. The molecule has 74 heavy (non-hydrogen) atoms. The van der Waals surface area contributed by atoms with Gasteiger partial charge in [0.1, 0.15) is 30.5 Å². The molecule has 0 aromatic heterocycles. The van der Waals surface area contributed by atoms with Crippen molar-refractivity contribution in [3.05, 3.63) is 146 Å². The van der Waals surface area contributed by atoms with Crippen LogP contribution < -0.4 is 0 Å². The van der Waals surface area contributed by atoms with Gasteiger partial charge in [-0.3, -0.25) is 9.35 Å². The number of aliphatic hydroxyl groups excluding tert-OH is 3. The Hall–Kier alpha value is -4.02. The fourth-order valence-corrected chi connectivity index (χ4v) is 7.89.